The molecule has 4 nitrogen and oxygen atoms in total. The molecule has 0 aliphatic heterocycles. The summed E-state index contributed by atoms with van der Waals surface area (Å²) in [5, 5.41) is 3.76. The molecule has 0 unspecified atom stereocenters. The summed E-state index contributed by atoms with van der Waals surface area (Å²) < 4.78 is 0. The maximum absolute atomic E-state index is 13.3. The first-order chi connectivity index (χ1) is 14.3. The van der Waals surface area contributed by atoms with Gasteiger partial charge in [-0.05, 0) is 68.0 Å². The lowest BCUT2D eigenvalue weighted by Gasteiger charge is -2.30. The molecule has 0 aromatic heterocycles. The Labute approximate surface area is 184 Å². The zero-order chi connectivity index (χ0) is 21.7. The van der Waals surface area contributed by atoms with E-state index in [4.69, 9.17) is 11.6 Å². The number of rotatable bonds is 7. The Balaban J connectivity index is 1.78. The zero-order valence-electron chi connectivity index (χ0n) is 18.1. The summed E-state index contributed by atoms with van der Waals surface area (Å²) in [5.74, 6) is -0.148. The molecular formula is C25H31ClN2O2. The fraction of sp³-hybridized carbons (Fsp3) is 0.440. The smallest absolute Gasteiger partial charge is 0.242 e. The van der Waals surface area contributed by atoms with Gasteiger partial charge in [-0.3, -0.25) is 9.59 Å². The second kappa shape index (κ2) is 10.1. The average molecular weight is 427 g/mol. The standard InChI is InChI=1S/C25H31ClN2O2/c1-17-11-12-20(13-18(17)2)15-24(29)28(16-21-7-6-8-22(26)14-21)19(3)25(30)27-23-9-4-5-10-23/h6-8,11-14,19,23H,4-5,9-10,15-16H2,1-3H3,(H,27,30)/t19-/m1/s1. The summed E-state index contributed by atoms with van der Waals surface area (Å²) in [6.07, 6.45) is 4.60. The minimum Gasteiger partial charge on any atom is -0.352 e. The van der Waals surface area contributed by atoms with E-state index in [-0.39, 0.29) is 24.3 Å². The number of nitrogens with zero attached hydrogens (tertiary/aromatic N) is 1. The normalized spacial score (nSPS) is 15.1. The van der Waals surface area contributed by atoms with Crippen molar-refractivity contribution in [3.63, 3.8) is 0 Å². The highest BCUT2D eigenvalue weighted by Gasteiger charge is 2.28. The highest BCUT2D eigenvalue weighted by atomic mass is 35.5. The minimum absolute atomic E-state index is 0.0627. The summed E-state index contributed by atoms with van der Waals surface area (Å²) in [7, 11) is 0. The molecule has 1 fully saturated rings. The monoisotopic (exact) mass is 426 g/mol. The zero-order valence-corrected chi connectivity index (χ0v) is 18.8. The minimum atomic E-state index is -0.552. The number of carbonyl (C=O) groups excluding carboxylic acids is 2. The third-order valence-corrected chi connectivity index (χ3v) is 6.27. The van der Waals surface area contributed by atoms with Gasteiger partial charge in [0, 0.05) is 17.6 Å². The van der Waals surface area contributed by atoms with Crippen molar-refractivity contribution in [1.29, 1.82) is 0 Å². The predicted molar refractivity (Wildman–Crippen MR) is 121 cm³/mol. The highest BCUT2D eigenvalue weighted by Crippen LogP contribution is 2.20. The van der Waals surface area contributed by atoms with Crippen LogP contribution >= 0.6 is 11.6 Å². The molecule has 1 saturated carbocycles. The third-order valence-electron chi connectivity index (χ3n) is 6.04. The number of carbonyl (C=O) groups is 2. The SMILES string of the molecule is Cc1ccc(CC(=O)N(Cc2cccc(Cl)c2)[C@H](C)C(=O)NC2CCCC2)cc1C. The van der Waals surface area contributed by atoms with Gasteiger partial charge in [-0.2, -0.15) is 0 Å². The van der Waals surface area contributed by atoms with Crippen LogP contribution in [0.1, 0.15) is 54.9 Å². The molecule has 2 amide bonds. The lowest BCUT2D eigenvalue weighted by atomic mass is 10.0. The Bertz CT molecular complexity index is 906. The van der Waals surface area contributed by atoms with E-state index >= 15 is 0 Å². The van der Waals surface area contributed by atoms with Gasteiger partial charge in [-0.25, -0.2) is 0 Å². The predicted octanol–water partition coefficient (Wildman–Crippen LogP) is 4.98. The van der Waals surface area contributed by atoms with Crippen LogP contribution in [0.5, 0.6) is 0 Å². The summed E-state index contributed by atoms with van der Waals surface area (Å²) in [6, 6.07) is 13.2. The molecule has 1 N–H and O–H groups in total. The number of aryl methyl sites for hydroxylation is 2. The van der Waals surface area contributed by atoms with Crippen molar-refractivity contribution in [1.82, 2.24) is 10.2 Å². The Morgan fingerprint density at radius 3 is 2.47 bits per heavy atom. The quantitative estimate of drug-likeness (QED) is 0.679. The third kappa shape index (κ3) is 5.85. The number of hydrogen-bond acceptors (Lipinski definition) is 2. The molecule has 0 radical (unpaired) electrons. The molecule has 0 saturated heterocycles. The molecular weight excluding hydrogens is 396 g/mol. The Kier molecular flexibility index (Phi) is 7.54. The van der Waals surface area contributed by atoms with E-state index in [9.17, 15) is 9.59 Å². The molecule has 2 aromatic carbocycles. The molecule has 30 heavy (non-hydrogen) atoms. The van der Waals surface area contributed by atoms with Crippen molar-refractivity contribution < 1.29 is 9.59 Å². The highest BCUT2D eigenvalue weighted by molar-refractivity contribution is 6.30. The summed E-state index contributed by atoms with van der Waals surface area (Å²) in [5.41, 5.74) is 4.24. The lowest BCUT2D eigenvalue weighted by Crippen LogP contribution is -2.50. The molecule has 3 rings (SSSR count). The van der Waals surface area contributed by atoms with Crippen molar-refractivity contribution in [2.75, 3.05) is 0 Å². The van der Waals surface area contributed by atoms with Gasteiger partial charge in [0.1, 0.15) is 6.04 Å². The van der Waals surface area contributed by atoms with E-state index in [1.807, 2.05) is 56.3 Å². The molecule has 0 spiro atoms. The Morgan fingerprint density at radius 1 is 1.07 bits per heavy atom. The molecule has 1 aliphatic rings. The second-order valence-corrected chi connectivity index (χ2v) is 8.85. The van der Waals surface area contributed by atoms with Gasteiger partial charge < -0.3 is 10.2 Å². The van der Waals surface area contributed by atoms with Crippen LogP contribution < -0.4 is 5.32 Å². The van der Waals surface area contributed by atoms with Crippen molar-refractivity contribution in [3.05, 3.63) is 69.7 Å². The molecule has 1 atom stereocenters. The van der Waals surface area contributed by atoms with Crippen LogP contribution in [0.25, 0.3) is 0 Å². The molecule has 1 aliphatic carbocycles. The van der Waals surface area contributed by atoms with Crippen LogP contribution in [-0.4, -0.2) is 28.8 Å². The maximum atomic E-state index is 13.3. The van der Waals surface area contributed by atoms with Crippen LogP contribution in [-0.2, 0) is 22.6 Å². The molecule has 5 heteroatoms. The number of halogens is 1. The van der Waals surface area contributed by atoms with Crippen molar-refractivity contribution in [3.8, 4) is 0 Å². The van der Waals surface area contributed by atoms with Crippen molar-refractivity contribution in [2.24, 2.45) is 0 Å². The van der Waals surface area contributed by atoms with E-state index in [2.05, 4.69) is 12.2 Å². The molecule has 2 aromatic rings. The van der Waals surface area contributed by atoms with E-state index in [0.29, 0.717) is 11.6 Å². The Morgan fingerprint density at radius 2 is 1.80 bits per heavy atom. The summed E-state index contributed by atoms with van der Waals surface area (Å²) in [6.45, 7) is 6.27. The number of benzene rings is 2. The van der Waals surface area contributed by atoms with E-state index in [0.717, 1.165) is 42.4 Å². The van der Waals surface area contributed by atoms with Gasteiger partial charge in [0.2, 0.25) is 11.8 Å². The number of nitrogens with one attached hydrogen (secondary N) is 1. The van der Waals surface area contributed by atoms with Gasteiger partial charge in [-0.1, -0.05) is 54.8 Å². The second-order valence-electron chi connectivity index (χ2n) is 8.41. The van der Waals surface area contributed by atoms with E-state index in [1.54, 1.807) is 4.90 Å². The maximum Gasteiger partial charge on any atom is 0.242 e. The number of hydrogen-bond donors (Lipinski definition) is 1. The number of amides is 2. The topological polar surface area (TPSA) is 49.4 Å². The molecule has 0 heterocycles. The van der Waals surface area contributed by atoms with Gasteiger partial charge in [0.05, 0.1) is 6.42 Å². The fourth-order valence-corrected chi connectivity index (χ4v) is 4.21. The van der Waals surface area contributed by atoms with Gasteiger partial charge in [0.15, 0.2) is 0 Å². The van der Waals surface area contributed by atoms with Gasteiger partial charge >= 0.3 is 0 Å². The van der Waals surface area contributed by atoms with Crippen LogP contribution in [0.2, 0.25) is 5.02 Å². The first-order valence-corrected chi connectivity index (χ1v) is 11.1. The van der Waals surface area contributed by atoms with Gasteiger partial charge in [-0.15, -0.1) is 0 Å². The van der Waals surface area contributed by atoms with Gasteiger partial charge in [0.25, 0.3) is 0 Å². The van der Waals surface area contributed by atoms with E-state index < -0.39 is 6.04 Å². The van der Waals surface area contributed by atoms with Crippen LogP contribution in [0.3, 0.4) is 0 Å². The summed E-state index contributed by atoms with van der Waals surface area (Å²) in [4.78, 5) is 27.9. The molecule has 160 valence electrons. The van der Waals surface area contributed by atoms with Crippen LogP contribution in [0, 0.1) is 13.8 Å². The van der Waals surface area contributed by atoms with E-state index in [1.165, 1.54) is 5.56 Å². The Hall–Kier alpha value is -2.33. The lowest BCUT2D eigenvalue weighted by molar-refractivity contribution is -0.140. The fourth-order valence-electron chi connectivity index (χ4n) is 4.00. The molecule has 0 bridgehead atoms. The first kappa shape index (κ1) is 22.4. The van der Waals surface area contributed by atoms with Crippen LogP contribution in [0.15, 0.2) is 42.5 Å². The average Bonchev–Trinajstić information content (AvgIpc) is 3.21. The largest absolute Gasteiger partial charge is 0.352 e. The van der Waals surface area contributed by atoms with Crippen molar-refractivity contribution in [2.45, 2.75) is 71.5 Å². The first-order valence-electron chi connectivity index (χ1n) is 10.7. The van der Waals surface area contributed by atoms with Crippen molar-refractivity contribution >= 4 is 23.4 Å². The van der Waals surface area contributed by atoms with Crippen LogP contribution in [0.4, 0.5) is 0 Å². The summed E-state index contributed by atoms with van der Waals surface area (Å²) >= 11 is 6.14.